The SMILES string of the molecule is CNCC(C)[N+]1(C)CC(=O)N(CCC(C)C)C(C(C)C)C1. The van der Waals surface area contributed by atoms with Crippen LogP contribution in [0.15, 0.2) is 0 Å². The molecule has 21 heavy (non-hydrogen) atoms. The molecule has 0 aromatic carbocycles. The molecule has 1 aliphatic heterocycles. The van der Waals surface area contributed by atoms with E-state index in [1.165, 1.54) is 0 Å². The lowest BCUT2D eigenvalue weighted by Crippen LogP contribution is -2.69. The molecule has 0 aliphatic carbocycles. The summed E-state index contributed by atoms with van der Waals surface area (Å²) in [7, 11) is 4.23. The minimum atomic E-state index is 0.339. The summed E-state index contributed by atoms with van der Waals surface area (Å²) in [5, 5.41) is 3.26. The Morgan fingerprint density at radius 1 is 1.29 bits per heavy atom. The molecule has 3 atom stereocenters. The Hall–Kier alpha value is -0.610. The Balaban J connectivity index is 2.86. The van der Waals surface area contributed by atoms with Crippen LogP contribution in [-0.2, 0) is 4.79 Å². The molecule has 0 aromatic heterocycles. The van der Waals surface area contributed by atoms with Crippen LogP contribution in [0.1, 0.15) is 41.0 Å². The van der Waals surface area contributed by atoms with Crippen LogP contribution in [0.3, 0.4) is 0 Å². The van der Waals surface area contributed by atoms with Crippen molar-refractivity contribution in [3.63, 3.8) is 0 Å². The zero-order valence-electron chi connectivity index (χ0n) is 15.1. The molecule has 1 N–H and O–H groups in total. The lowest BCUT2D eigenvalue weighted by atomic mass is 9.95. The van der Waals surface area contributed by atoms with Gasteiger partial charge in [-0.25, -0.2) is 0 Å². The number of rotatable bonds is 7. The number of nitrogens with zero attached hydrogens (tertiary/aromatic N) is 2. The predicted octanol–water partition coefficient (Wildman–Crippen LogP) is 1.95. The summed E-state index contributed by atoms with van der Waals surface area (Å²) in [6, 6.07) is 0.835. The summed E-state index contributed by atoms with van der Waals surface area (Å²) in [5.74, 6) is 1.50. The summed E-state index contributed by atoms with van der Waals surface area (Å²) >= 11 is 0. The van der Waals surface area contributed by atoms with E-state index in [1.54, 1.807) is 0 Å². The van der Waals surface area contributed by atoms with E-state index in [-0.39, 0.29) is 0 Å². The summed E-state index contributed by atoms with van der Waals surface area (Å²) in [5.41, 5.74) is 0. The van der Waals surface area contributed by atoms with Gasteiger partial charge in [0.05, 0.1) is 19.1 Å². The van der Waals surface area contributed by atoms with Gasteiger partial charge in [-0.1, -0.05) is 27.7 Å². The topological polar surface area (TPSA) is 32.3 Å². The lowest BCUT2D eigenvalue weighted by Gasteiger charge is -2.50. The Morgan fingerprint density at radius 2 is 1.90 bits per heavy atom. The number of hydrogen-bond acceptors (Lipinski definition) is 2. The van der Waals surface area contributed by atoms with Crippen molar-refractivity contribution in [1.29, 1.82) is 0 Å². The van der Waals surface area contributed by atoms with Crippen LogP contribution < -0.4 is 5.32 Å². The molecule has 1 aliphatic rings. The molecule has 4 heteroatoms. The zero-order chi connectivity index (χ0) is 16.2. The first-order valence-corrected chi connectivity index (χ1v) is 8.49. The molecule has 1 saturated heterocycles. The van der Waals surface area contributed by atoms with Gasteiger partial charge < -0.3 is 14.7 Å². The van der Waals surface area contributed by atoms with Gasteiger partial charge in [-0.05, 0) is 32.2 Å². The fraction of sp³-hybridized carbons (Fsp3) is 0.941. The van der Waals surface area contributed by atoms with Gasteiger partial charge in [0.1, 0.15) is 6.54 Å². The maximum atomic E-state index is 12.7. The monoisotopic (exact) mass is 298 g/mol. The number of amides is 1. The van der Waals surface area contributed by atoms with Crippen molar-refractivity contribution in [2.24, 2.45) is 11.8 Å². The molecule has 0 spiro atoms. The van der Waals surface area contributed by atoms with Crippen LogP contribution in [0.2, 0.25) is 0 Å². The standard InChI is InChI=1S/C17H36N3O/c1-13(2)8-9-19-16(14(3)4)11-20(7,12-17(19)21)15(5)10-18-6/h13-16,18H,8-12H2,1-7H3/q+1. The molecule has 124 valence electrons. The molecule has 1 amide bonds. The fourth-order valence-electron chi connectivity index (χ4n) is 3.29. The first kappa shape index (κ1) is 18.4. The summed E-state index contributed by atoms with van der Waals surface area (Å²) < 4.78 is 0.862. The number of likely N-dealkylation sites (N-methyl/N-ethyl adjacent to an activating group) is 2. The van der Waals surface area contributed by atoms with E-state index in [9.17, 15) is 4.79 Å². The average molecular weight is 298 g/mol. The molecule has 1 fully saturated rings. The summed E-state index contributed by atoms with van der Waals surface area (Å²) in [6.07, 6.45) is 1.10. The van der Waals surface area contributed by atoms with E-state index >= 15 is 0 Å². The first-order valence-electron chi connectivity index (χ1n) is 8.49. The van der Waals surface area contributed by atoms with Gasteiger partial charge in [-0.3, -0.25) is 4.79 Å². The molecule has 1 rings (SSSR count). The first-order chi connectivity index (χ1) is 9.71. The van der Waals surface area contributed by atoms with Gasteiger partial charge in [-0.2, -0.15) is 0 Å². The van der Waals surface area contributed by atoms with Crippen molar-refractivity contribution < 1.29 is 9.28 Å². The van der Waals surface area contributed by atoms with Gasteiger partial charge in [0.25, 0.3) is 5.91 Å². The van der Waals surface area contributed by atoms with Crippen LogP contribution in [0.4, 0.5) is 0 Å². The van der Waals surface area contributed by atoms with Gasteiger partial charge >= 0.3 is 0 Å². The number of quaternary nitrogens is 1. The number of piperazine rings is 1. The molecule has 1 heterocycles. The van der Waals surface area contributed by atoms with Crippen LogP contribution >= 0.6 is 0 Å². The fourth-order valence-corrected chi connectivity index (χ4v) is 3.29. The van der Waals surface area contributed by atoms with E-state index in [0.717, 1.165) is 30.5 Å². The van der Waals surface area contributed by atoms with Crippen molar-refractivity contribution in [1.82, 2.24) is 10.2 Å². The van der Waals surface area contributed by atoms with Gasteiger partial charge in [-0.15, -0.1) is 0 Å². The quantitative estimate of drug-likeness (QED) is 0.729. The van der Waals surface area contributed by atoms with Gasteiger partial charge in [0.15, 0.2) is 6.54 Å². The second kappa shape index (κ2) is 7.59. The third-order valence-electron chi connectivity index (χ3n) is 5.10. The smallest absolute Gasteiger partial charge is 0.278 e. The van der Waals surface area contributed by atoms with E-state index in [1.807, 2.05) is 7.05 Å². The average Bonchev–Trinajstić information content (AvgIpc) is 2.36. The Morgan fingerprint density at radius 3 is 2.38 bits per heavy atom. The lowest BCUT2D eigenvalue weighted by molar-refractivity contribution is -0.928. The van der Waals surface area contributed by atoms with Crippen LogP contribution in [0.25, 0.3) is 0 Å². The largest absolute Gasteiger partial charge is 0.329 e. The Bertz CT molecular complexity index is 343. The van der Waals surface area contributed by atoms with Crippen molar-refractivity contribution >= 4 is 5.91 Å². The molecule has 0 radical (unpaired) electrons. The highest BCUT2D eigenvalue weighted by Gasteiger charge is 2.44. The number of carbonyl (C=O) groups excluding carboxylic acids is 1. The number of hydrogen-bond donors (Lipinski definition) is 1. The van der Waals surface area contributed by atoms with E-state index in [2.05, 4.69) is 51.9 Å². The molecule has 0 saturated carbocycles. The normalized spacial score (nSPS) is 28.5. The molecule has 0 bridgehead atoms. The number of nitrogens with one attached hydrogen (secondary N) is 1. The zero-order valence-corrected chi connectivity index (χ0v) is 15.1. The highest BCUT2D eigenvalue weighted by molar-refractivity contribution is 5.78. The van der Waals surface area contributed by atoms with E-state index in [4.69, 9.17) is 0 Å². The van der Waals surface area contributed by atoms with Crippen molar-refractivity contribution in [3.8, 4) is 0 Å². The third-order valence-corrected chi connectivity index (χ3v) is 5.10. The Kier molecular flexibility index (Phi) is 6.67. The van der Waals surface area contributed by atoms with E-state index in [0.29, 0.717) is 36.4 Å². The molecular formula is C17H36N3O+. The molecule has 4 nitrogen and oxygen atoms in total. The third kappa shape index (κ3) is 4.68. The predicted molar refractivity (Wildman–Crippen MR) is 89.1 cm³/mol. The van der Waals surface area contributed by atoms with Crippen molar-refractivity contribution in [3.05, 3.63) is 0 Å². The highest BCUT2D eigenvalue weighted by atomic mass is 16.2. The maximum absolute atomic E-state index is 12.7. The van der Waals surface area contributed by atoms with Crippen LogP contribution in [0, 0.1) is 11.8 Å². The minimum absolute atomic E-state index is 0.339. The molecule has 0 aromatic rings. The van der Waals surface area contributed by atoms with Gasteiger partial charge in [0.2, 0.25) is 0 Å². The second-order valence-electron chi connectivity index (χ2n) is 7.81. The molecular weight excluding hydrogens is 262 g/mol. The van der Waals surface area contributed by atoms with Crippen LogP contribution in [-0.4, -0.2) is 67.6 Å². The summed E-state index contributed by atoms with van der Waals surface area (Å²) in [6.45, 7) is 14.8. The van der Waals surface area contributed by atoms with Crippen molar-refractivity contribution in [2.75, 3.05) is 40.3 Å². The second-order valence-corrected chi connectivity index (χ2v) is 7.81. The van der Waals surface area contributed by atoms with E-state index < -0.39 is 0 Å². The van der Waals surface area contributed by atoms with Gasteiger partial charge in [0, 0.05) is 13.1 Å². The Labute approximate surface area is 131 Å². The van der Waals surface area contributed by atoms with Crippen molar-refractivity contribution in [2.45, 2.75) is 53.1 Å². The maximum Gasteiger partial charge on any atom is 0.278 e. The highest BCUT2D eigenvalue weighted by Crippen LogP contribution is 2.25. The summed E-state index contributed by atoms with van der Waals surface area (Å²) in [4.78, 5) is 14.9. The minimum Gasteiger partial charge on any atom is -0.329 e. The molecule has 3 unspecified atom stereocenters. The number of carbonyl (C=O) groups is 1. The van der Waals surface area contributed by atoms with Crippen LogP contribution in [0.5, 0.6) is 0 Å².